The van der Waals surface area contributed by atoms with Gasteiger partial charge in [0.05, 0.1) is 6.26 Å². The summed E-state index contributed by atoms with van der Waals surface area (Å²) >= 11 is 0. The highest BCUT2D eigenvalue weighted by Crippen LogP contribution is 2.07. The molecule has 19 heavy (non-hydrogen) atoms. The summed E-state index contributed by atoms with van der Waals surface area (Å²) in [6.45, 7) is 6.48. The van der Waals surface area contributed by atoms with Crippen LogP contribution < -0.4 is 5.32 Å². The largest absolute Gasteiger partial charge is 0.469 e. The number of nitrogens with zero attached hydrogens (tertiary/aromatic N) is 1. The molecule has 3 heteroatoms. The average molecular weight is 260 g/mol. The van der Waals surface area contributed by atoms with Gasteiger partial charge in [0.1, 0.15) is 5.76 Å². The highest BCUT2D eigenvalue weighted by Gasteiger charge is 2.05. The fraction of sp³-hybridized carbons (Fsp3) is 0.500. The van der Waals surface area contributed by atoms with Gasteiger partial charge in [-0.2, -0.15) is 0 Å². The van der Waals surface area contributed by atoms with Crippen LogP contribution in [0, 0.1) is 0 Å². The molecule has 0 saturated carbocycles. The molecule has 0 aliphatic heterocycles. The Balaban J connectivity index is 1.73. The fourth-order valence-electron chi connectivity index (χ4n) is 2.26. The molecule has 2 heterocycles. The van der Waals surface area contributed by atoms with E-state index in [-0.39, 0.29) is 0 Å². The van der Waals surface area contributed by atoms with Crippen molar-refractivity contribution < 1.29 is 4.42 Å². The standard InChI is InChI=1S/C16H24N2O/c1-3-10-18-11-4-6-15(18)13-17-14(2)8-9-16-7-5-12-19-16/h4-7,11-12,14,17H,3,8-10,13H2,1-2H3. The second-order valence-corrected chi connectivity index (χ2v) is 5.09. The van der Waals surface area contributed by atoms with Gasteiger partial charge in [0, 0.05) is 37.4 Å². The van der Waals surface area contributed by atoms with E-state index in [9.17, 15) is 0 Å². The molecule has 0 saturated heterocycles. The smallest absolute Gasteiger partial charge is 0.103 e. The van der Waals surface area contributed by atoms with Crippen LogP contribution in [0.25, 0.3) is 0 Å². The zero-order valence-electron chi connectivity index (χ0n) is 11.9. The Morgan fingerprint density at radius 2 is 2.21 bits per heavy atom. The van der Waals surface area contributed by atoms with Gasteiger partial charge in [0.25, 0.3) is 0 Å². The molecule has 0 fully saturated rings. The molecule has 0 spiro atoms. The molecule has 0 radical (unpaired) electrons. The molecule has 1 unspecified atom stereocenters. The minimum Gasteiger partial charge on any atom is -0.469 e. The monoisotopic (exact) mass is 260 g/mol. The predicted octanol–water partition coefficient (Wildman–Crippen LogP) is 3.60. The quantitative estimate of drug-likeness (QED) is 0.786. The predicted molar refractivity (Wildman–Crippen MR) is 78.1 cm³/mol. The molecule has 1 N–H and O–H groups in total. The van der Waals surface area contributed by atoms with E-state index in [1.807, 2.05) is 12.1 Å². The van der Waals surface area contributed by atoms with Gasteiger partial charge >= 0.3 is 0 Å². The lowest BCUT2D eigenvalue weighted by Gasteiger charge is -2.14. The third-order valence-corrected chi connectivity index (χ3v) is 3.42. The minimum atomic E-state index is 0.495. The maximum absolute atomic E-state index is 5.35. The summed E-state index contributed by atoms with van der Waals surface area (Å²) in [7, 11) is 0. The van der Waals surface area contributed by atoms with Crippen LogP contribution >= 0.6 is 0 Å². The summed E-state index contributed by atoms with van der Waals surface area (Å²) in [4.78, 5) is 0. The Bertz CT molecular complexity index is 459. The van der Waals surface area contributed by atoms with Crippen LogP contribution in [0.1, 0.15) is 38.1 Å². The summed E-state index contributed by atoms with van der Waals surface area (Å²) in [6, 6.07) is 8.81. The maximum atomic E-state index is 5.35. The molecule has 0 aromatic carbocycles. The molecule has 3 nitrogen and oxygen atoms in total. The van der Waals surface area contributed by atoms with Crippen molar-refractivity contribution in [3.05, 3.63) is 48.2 Å². The minimum absolute atomic E-state index is 0.495. The molecule has 2 rings (SSSR count). The van der Waals surface area contributed by atoms with Crippen LogP contribution in [0.15, 0.2) is 41.1 Å². The van der Waals surface area contributed by atoms with Gasteiger partial charge in [0.2, 0.25) is 0 Å². The number of aromatic nitrogens is 1. The second kappa shape index (κ2) is 7.19. The van der Waals surface area contributed by atoms with E-state index in [0.29, 0.717) is 6.04 Å². The highest BCUT2D eigenvalue weighted by molar-refractivity contribution is 5.07. The van der Waals surface area contributed by atoms with Crippen LogP contribution in [-0.4, -0.2) is 10.6 Å². The van der Waals surface area contributed by atoms with Gasteiger partial charge in [-0.3, -0.25) is 0 Å². The molecule has 0 bridgehead atoms. The van der Waals surface area contributed by atoms with E-state index in [1.165, 1.54) is 12.1 Å². The van der Waals surface area contributed by atoms with Crippen molar-refractivity contribution in [2.45, 2.75) is 52.2 Å². The molecule has 1 atom stereocenters. The third-order valence-electron chi connectivity index (χ3n) is 3.42. The van der Waals surface area contributed by atoms with Crippen LogP contribution in [-0.2, 0) is 19.5 Å². The Hall–Kier alpha value is -1.48. The van der Waals surface area contributed by atoms with E-state index < -0.39 is 0 Å². The van der Waals surface area contributed by atoms with Gasteiger partial charge < -0.3 is 14.3 Å². The fourth-order valence-corrected chi connectivity index (χ4v) is 2.26. The highest BCUT2D eigenvalue weighted by atomic mass is 16.3. The average Bonchev–Trinajstić information content (AvgIpc) is 3.06. The van der Waals surface area contributed by atoms with Crippen molar-refractivity contribution in [2.24, 2.45) is 0 Å². The van der Waals surface area contributed by atoms with Crippen LogP contribution in [0.5, 0.6) is 0 Å². The van der Waals surface area contributed by atoms with E-state index in [0.717, 1.165) is 31.7 Å². The normalized spacial score (nSPS) is 12.7. The van der Waals surface area contributed by atoms with Crippen molar-refractivity contribution in [3.63, 3.8) is 0 Å². The van der Waals surface area contributed by atoms with Crippen molar-refractivity contribution in [3.8, 4) is 0 Å². The van der Waals surface area contributed by atoms with Crippen LogP contribution in [0.3, 0.4) is 0 Å². The molecule has 104 valence electrons. The van der Waals surface area contributed by atoms with E-state index in [4.69, 9.17) is 4.42 Å². The molecule has 2 aromatic rings. The lowest BCUT2D eigenvalue weighted by molar-refractivity contribution is 0.454. The zero-order valence-corrected chi connectivity index (χ0v) is 11.9. The molecular weight excluding hydrogens is 236 g/mol. The Morgan fingerprint density at radius 1 is 1.32 bits per heavy atom. The summed E-state index contributed by atoms with van der Waals surface area (Å²) in [5.41, 5.74) is 1.37. The number of hydrogen-bond acceptors (Lipinski definition) is 2. The molecule has 2 aromatic heterocycles. The first-order chi connectivity index (χ1) is 9.29. The number of furan rings is 1. The summed E-state index contributed by atoms with van der Waals surface area (Å²) in [5.74, 6) is 1.07. The SMILES string of the molecule is CCCn1cccc1CNC(C)CCc1ccco1. The van der Waals surface area contributed by atoms with Crippen LogP contribution in [0.4, 0.5) is 0 Å². The van der Waals surface area contributed by atoms with Gasteiger partial charge in [0.15, 0.2) is 0 Å². The lowest BCUT2D eigenvalue weighted by Crippen LogP contribution is -2.27. The van der Waals surface area contributed by atoms with E-state index in [1.54, 1.807) is 6.26 Å². The molecule has 0 aliphatic carbocycles. The van der Waals surface area contributed by atoms with Crippen molar-refractivity contribution in [1.29, 1.82) is 0 Å². The second-order valence-electron chi connectivity index (χ2n) is 5.09. The van der Waals surface area contributed by atoms with Gasteiger partial charge in [-0.25, -0.2) is 0 Å². The van der Waals surface area contributed by atoms with Crippen molar-refractivity contribution in [2.75, 3.05) is 0 Å². The summed E-state index contributed by atoms with van der Waals surface area (Å²) in [6.07, 6.45) is 7.17. The Kier molecular flexibility index (Phi) is 5.28. The first kappa shape index (κ1) is 13.9. The zero-order chi connectivity index (χ0) is 13.5. The van der Waals surface area contributed by atoms with Gasteiger partial charge in [-0.15, -0.1) is 0 Å². The third kappa shape index (κ3) is 4.28. The van der Waals surface area contributed by atoms with Crippen molar-refractivity contribution >= 4 is 0 Å². The van der Waals surface area contributed by atoms with E-state index in [2.05, 4.69) is 42.1 Å². The van der Waals surface area contributed by atoms with Crippen LogP contribution in [0.2, 0.25) is 0 Å². The number of hydrogen-bond donors (Lipinski definition) is 1. The first-order valence-corrected chi connectivity index (χ1v) is 7.19. The lowest BCUT2D eigenvalue weighted by atomic mass is 10.1. The number of nitrogens with one attached hydrogen (secondary N) is 1. The maximum Gasteiger partial charge on any atom is 0.103 e. The molecule has 0 aliphatic rings. The van der Waals surface area contributed by atoms with E-state index >= 15 is 0 Å². The Labute approximate surface area is 115 Å². The molecule has 0 amide bonds. The van der Waals surface area contributed by atoms with Gasteiger partial charge in [-0.05, 0) is 44.0 Å². The number of aryl methyl sites for hydroxylation is 2. The number of rotatable bonds is 8. The first-order valence-electron chi connectivity index (χ1n) is 7.19. The van der Waals surface area contributed by atoms with Crippen molar-refractivity contribution in [1.82, 2.24) is 9.88 Å². The Morgan fingerprint density at radius 3 is 2.95 bits per heavy atom. The van der Waals surface area contributed by atoms with Gasteiger partial charge in [-0.1, -0.05) is 6.92 Å². The molecular formula is C16H24N2O. The topological polar surface area (TPSA) is 30.1 Å². The summed E-state index contributed by atoms with van der Waals surface area (Å²) < 4.78 is 7.68. The summed E-state index contributed by atoms with van der Waals surface area (Å²) in [5, 5.41) is 3.58.